The summed E-state index contributed by atoms with van der Waals surface area (Å²) in [5.74, 6) is -1.68. The van der Waals surface area contributed by atoms with E-state index in [4.69, 9.17) is 6.57 Å². The van der Waals surface area contributed by atoms with Crippen LogP contribution in [0.1, 0.15) is 44.0 Å². The van der Waals surface area contributed by atoms with Crippen molar-refractivity contribution in [3.8, 4) is 0 Å². The smallest absolute Gasteiger partial charge is 0.336 e. The molecule has 3 rings (SSSR count). The van der Waals surface area contributed by atoms with Gasteiger partial charge in [-0.15, -0.1) is 11.3 Å². The zero-order valence-corrected chi connectivity index (χ0v) is 15.0. The van der Waals surface area contributed by atoms with Crippen LogP contribution >= 0.6 is 27.3 Å². The van der Waals surface area contributed by atoms with Crippen LogP contribution in [-0.4, -0.2) is 17.0 Å². The number of thiophene rings is 1. The number of anilines is 1. The van der Waals surface area contributed by atoms with Crippen molar-refractivity contribution >= 4 is 49.8 Å². The Labute approximate surface area is 151 Å². The second-order valence-corrected chi connectivity index (χ2v) is 7.47. The topological polar surface area (TPSA) is 70.8 Å². The van der Waals surface area contributed by atoms with Crippen molar-refractivity contribution in [2.45, 2.75) is 25.7 Å². The van der Waals surface area contributed by atoms with E-state index < -0.39 is 11.9 Å². The Morgan fingerprint density at radius 2 is 2.00 bits per heavy atom. The van der Waals surface area contributed by atoms with E-state index in [0.717, 1.165) is 36.1 Å². The van der Waals surface area contributed by atoms with Gasteiger partial charge in [-0.25, -0.2) is 9.64 Å². The Morgan fingerprint density at radius 3 is 2.71 bits per heavy atom. The number of fused-ring (bicyclic) bond motifs is 1. The number of carbonyl (C=O) groups excluding carboxylic acids is 1. The highest BCUT2D eigenvalue weighted by Crippen LogP contribution is 2.44. The fourth-order valence-electron chi connectivity index (χ4n) is 2.81. The molecule has 0 radical (unpaired) electrons. The largest absolute Gasteiger partial charge is 0.478 e. The zero-order valence-electron chi connectivity index (χ0n) is 12.6. The van der Waals surface area contributed by atoms with E-state index in [0.29, 0.717) is 15.2 Å². The lowest BCUT2D eigenvalue weighted by atomic mass is 9.98. The van der Waals surface area contributed by atoms with Gasteiger partial charge in [0.2, 0.25) is 5.69 Å². The maximum Gasteiger partial charge on any atom is 0.336 e. The van der Waals surface area contributed by atoms with E-state index in [1.165, 1.54) is 23.5 Å². The molecule has 2 aromatic rings. The molecule has 0 aliphatic heterocycles. The number of hydrogen-bond donors (Lipinski definition) is 2. The average Bonchev–Trinajstić information content (AvgIpc) is 2.91. The number of amides is 1. The molecule has 5 nitrogen and oxygen atoms in total. The van der Waals surface area contributed by atoms with Crippen LogP contribution in [0.5, 0.6) is 0 Å². The first-order chi connectivity index (χ1) is 11.5. The van der Waals surface area contributed by atoms with E-state index >= 15 is 0 Å². The Bertz CT molecular complexity index is 883. The van der Waals surface area contributed by atoms with Gasteiger partial charge in [-0.2, -0.15) is 0 Å². The molecule has 1 aromatic heterocycles. The Morgan fingerprint density at radius 1 is 1.25 bits per heavy atom. The minimum atomic E-state index is -1.17. The molecule has 0 atom stereocenters. The normalized spacial score (nSPS) is 13.0. The number of hydrogen-bond acceptors (Lipinski definition) is 3. The number of aryl methyl sites for hydroxylation is 1. The third kappa shape index (κ3) is 3.07. The standard InChI is InChI=1S/C17H13BrN2O3S/c1-19-14-11-4-2-3-5-13(11)24-16(14)20-15(21)10-7-6-9(18)8-12(10)17(22)23/h6-8H,2-5H2,(H,20,21)(H,22,23). The molecule has 0 spiro atoms. The van der Waals surface area contributed by atoms with E-state index in [9.17, 15) is 14.7 Å². The molecule has 0 unspecified atom stereocenters. The van der Waals surface area contributed by atoms with Gasteiger partial charge in [0.25, 0.3) is 5.91 Å². The number of rotatable bonds is 3. The molecule has 7 heteroatoms. The number of nitrogens with one attached hydrogen (secondary N) is 1. The van der Waals surface area contributed by atoms with Gasteiger partial charge in [0.05, 0.1) is 17.7 Å². The van der Waals surface area contributed by atoms with Crippen LogP contribution in [0.4, 0.5) is 10.7 Å². The molecular weight excluding hydrogens is 392 g/mol. The summed E-state index contributed by atoms with van der Waals surface area (Å²) in [6.45, 7) is 7.41. The highest BCUT2D eigenvalue weighted by Gasteiger charge is 2.24. The van der Waals surface area contributed by atoms with E-state index in [-0.39, 0.29) is 11.1 Å². The predicted molar refractivity (Wildman–Crippen MR) is 96.3 cm³/mol. The van der Waals surface area contributed by atoms with Crippen LogP contribution in [0.3, 0.4) is 0 Å². The number of benzene rings is 1. The molecule has 0 saturated carbocycles. The van der Waals surface area contributed by atoms with Gasteiger partial charge < -0.3 is 10.4 Å². The van der Waals surface area contributed by atoms with Crippen LogP contribution in [0.2, 0.25) is 0 Å². The molecule has 0 bridgehead atoms. The Balaban J connectivity index is 1.96. The number of aromatic carboxylic acids is 1. The lowest BCUT2D eigenvalue weighted by Gasteiger charge is -2.10. The highest BCUT2D eigenvalue weighted by atomic mass is 79.9. The SMILES string of the molecule is [C-]#[N+]c1c(NC(=O)c2ccc(Br)cc2C(=O)O)sc2c1CCCC2. The van der Waals surface area contributed by atoms with Crippen LogP contribution in [0.25, 0.3) is 4.85 Å². The van der Waals surface area contributed by atoms with Crippen molar-refractivity contribution in [3.63, 3.8) is 0 Å². The van der Waals surface area contributed by atoms with Crippen LogP contribution in [0.15, 0.2) is 22.7 Å². The van der Waals surface area contributed by atoms with Gasteiger partial charge >= 0.3 is 5.97 Å². The van der Waals surface area contributed by atoms with E-state index in [2.05, 4.69) is 26.1 Å². The summed E-state index contributed by atoms with van der Waals surface area (Å²) in [6, 6.07) is 4.48. The number of nitrogens with zero attached hydrogens (tertiary/aromatic N) is 1. The number of carboxylic acids is 1. The summed E-state index contributed by atoms with van der Waals surface area (Å²) in [6.07, 6.45) is 3.93. The van der Waals surface area contributed by atoms with Crippen molar-refractivity contribution in [2.75, 3.05) is 5.32 Å². The fraction of sp³-hybridized carbons (Fsp3) is 0.235. The van der Waals surface area contributed by atoms with Gasteiger partial charge in [-0.1, -0.05) is 22.4 Å². The van der Waals surface area contributed by atoms with Crippen molar-refractivity contribution in [2.24, 2.45) is 0 Å². The minimum Gasteiger partial charge on any atom is -0.478 e. The number of carboxylic acid groups (broad SMARTS) is 1. The summed E-state index contributed by atoms with van der Waals surface area (Å²) in [5, 5.41) is 12.5. The zero-order chi connectivity index (χ0) is 17.3. The first-order valence-electron chi connectivity index (χ1n) is 7.37. The second kappa shape index (κ2) is 6.75. The van der Waals surface area contributed by atoms with Crippen LogP contribution in [-0.2, 0) is 12.8 Å². The van der Waals surface area contributed by atoms with E-state index in [1.54, 1.807) is 6.07 Å². The quantitative estimate of drug-likeness (QED) is 0.715. The second-order valence-electron chi connectivity index (χ2n) is 5.45. The maximum absolute atomic E-state index is 12.5. The summed E-state index contributed by atoms with van der Waals surface area (Å²) >= 11 is 4.63. The molecule has 1 aromatic carbocycles. The fourth-order valence-corrected chi connectivity index (χ4v) is 4.40. The Kier molecular flexibility index (Phi) is 4.69. The lowest BCUT2D eigenvalue weighted by Crippen LogP contribution is -2.16. The van der Waals surface area contributed by atoms with Gasteiger partial charge in [0.1, 0.15) is 5.00 Å². The van der Waals surface area contributed by atoms with Gasteiger partial charge in [0.15, 0.2) is 0 Å². The molecule has 0 saturated heterocycles. The average molecular weight is 405 g/mol. The first kappa shape index (κ1) is 16.7. The molecule has 1 amide bonds. The van der Waals surface area contributed by atoms with Gasteiger partial charge in [-0.05, 0) is 47.9 Å². The molecule has 2 N–H and O–H groups in total. The highest BCUT2D eigenvalue weighted by molar-refractivity contribution is 9.10. The summed E-state index contributed by atoms with van der Waals surface area (Å²) in [5.41, 5.74) is 1.53. The number of carbonyl (C=O) groups is 2. The first-order valence-corrected chi connectivity index (χ1v) is 8.98. The van der Waals surface area contributed by atoms with E-state index in [1.807, 2.05) is 0 Å². The molecule has 0 fully saturated rings. The van der Waals surface area contributed by atoms with Crippen molar-refractivity contribution < 1.29 is 14.7 Å². The van der Waals surface area contributed by atoms with Crippen molar-refractivity contribution in [1.82, 2.24) is 0 Å². The molecule has 1 aliphatic rings. The molecule has 1 aliphatic carbocycles. The molecular formula is C17H13BrN2O3S. The lowest BCUT2D eigenvalue weighted by molar-refractivity contribution is 0.0692. The monoisotopic (exact) mass is 404 g/mol. The summed E-state index contributed by atoms with van der Waals surface area (Å²) < 4.78 is 0.588. The predicted octanol–water partition coefficient (Wildman–Crippen LogP) is 4.89. The Hall–Kier alpha value is -2.17. The summed E-state index contributed by atoms with van der Waals surface area (Å²) in [7, 11) is 0. The van der Waals surface area contributed by atoms with Crippen LogP contribution in [0, 0.1) is 6.57 Å². The van der Waals surface area contributed by atoms with Crippen molar-refractivity contribution in [3.05, 3.63) is 55.7 Å². The number of halogens is 1. The third-order valence-electron chi connectivity index (χ3n) is 3.94. The van der Waals surface area contributed by atoms with Gasteiger partial charge in [-0.3, -0.25) is 4.79 Å². The molecule has 24 heavy (non-hydrogen) atoms. The minimum absolute atomic E-state index is 0.0763. The third-order valence-corrected chi connectivity index (χ3v) is 5.63. The molecule has 122 valence electrons. The maximum atomic E-state index is 12.5. The van der Waals surface area contributed by atoms with Gasteiger partial charge in [0, 0.05) is 4.47 Å². The van der Waals surface area contributed by atoms with Crippen LogP contribution < -0.4 is 5.32 Å². The van der Waals surface area contributed by atoms with Crippen molar-refractivity contribution in [1.29, 1.82) is 0 Å². The summed E-state index contributed by atoms with van der Waals surface area (Å²) in [4.78, 5) is 28.6. The molecule has 1 heterocycles.